The predicted molar refractivity (Wildman–Crippen MR) is 158 cm³/mol. The molecule has 226 valence electrons. The van der Waals surface area contributed by atoms with Gasteiger partial charge in [0.1, 0.15) is 0 Å². The van der Waals surface area contributed by atoms with Gasteiger partial charge in [-0.25, -0.2) is 0 Å². The van der Waals surface area contributed by atoms with Crippen LogP contribution in [0.4, 0.5) is 13.2 Å². The Labute approximate surface area is 243 Å². The highest BCUT2D eigenvalue weighted by molar-refractivity contribution is 5.95. The summed E-state index contributed by atoms with van der Waals surface area (Å²) < 4.78 is 42.6. The summed E-state index contributed by atoms with van der Waals surface area (Å²) in [5, 5.41) is 4.67. The van der Waals surface area contributed by atoms with Crippen LogP contribution in [-0.4, -0.2) is 51.7 Å². The van der Waals surface area contributed by atoms with E-state index in [1.54, 1.807) is 23.2 Å². The third-order valence-electron chi connectivity index (χ3n) is 8.81. The molecule has 6 rings (SSSR count). The van der Waals surface area contributed by atoms with Crippen molar-refractivity contribution >= 4 is 5.91 Å². The second-order valence-electron chi connectivity index (χ2n) is 12.6. The van der Waals surface area contributed by atoms with Crippen LogP contribution < -0.4 is 0 Å². The van der Waals surface area contributed by atoms with E-state index in [1.165, 1.54) is 18.9 Å². The molecule has 0 spiro atoms. The topological polar surface area (TPSA) is 41.4 Å². The molecule has 1 aromatic carbocycles. The van der Waals surface area contributed by atoms with Gasteiger partial charge in [-0.2, -0.15) is 18.3 Å². The Bertz CT molecular complexity index is 1200. The highest BCUT2D eigenvalue weighted by Gasteiger charge is 2.40. The van der Waals surface area contributed by atoms with Gasteiger partial charge in [-0.3, -0.25) is 9.48 Å². The number of piperidine rings is 1. The predicted octanol–water partition coefficient (Wildman–Crippen LogP) is 8.41. The van der Waals surface area contributed by atoms with Gasteiger partial charge in [-0.05, 0) is 68.9 Å². The first-order valence-corrected chi connectivity index (χ1v) is 15.4. The molecule has 1 amide bonds. The van der Waals surface area contributed by atoms with Crippen LogP contribution in [0, 0.1) is 5.41 Å². The molecule has 2 aliphatic heterocycles. The Morgan fingerprint density at radius 2 is 1.54 bits per heavy atom. The first-order valence-electron chi connectivity index (χ1n) is 15.4. The van der Waals surface area contributed by atoms with Crippen LogP contribution in [0.1, 0.15) is 125 Å². The van der Waals surface area contributed by atoms with E-state index < -0.39 is 11.7 Å². The first-order chi connectivity index (χ1) is 19.4. The van der Waals surface area contributed by atoms with Gasteiger partial charge < -0.3 is 9.80 Å². The molecule has 4 fully saturated rings. The molecule has 5 nitrogen and oxygen atoms in total. The number of rotatable bonds is 5. The lowest BCUT2D eigenvalue weighted by molar-refractivity contribution is -0.138. The maximum Gasteiger partial charge on any atom is 0.416 e. The largest absolute Gasteiger partial charge is 0.416 e. The third-order valence-corrected chi connectivity index (χ3v) is 8.81. The summed E-state index contributed by atoms with van der Waals surface area (Å²) in [6.07, 6.45) is 4.76. The lowest BCUT2D eigenvalue weighted by Gasteiger charge is -2.34. The molecule has 1 aromatic heterocycles. The van der Waals surface area contributed by atoms with E-state index in [2.05, 4.69) is 35.1 Å². The Morgan fingerprint density at radius 1 is 0.951 bits per heavy atom. The van der Waals surface area contributed by atoms with Crippen LogP contribution in [0.25, 0.3) is 0 Å². The molecule has 0 bridgehead atoms. The van der Waals surface area contributed by atoms with Gasteiger partial charge in [-0.1, -0.05) is 52.5 Å². The minimum Gasteiger partial charge on any atom is -0.375 e. The van der Waals surface area contributed by atoms with Crippen molar-refractivity contribution < 1.29 is 18.0 Å². The molecule has 41 heavy (non-hydrogen) atoms. The van der Waals surface area contributed by atoms with Gasteiger partial charge in [0.15, 0.2) is 0 Å². The van der Waals surface area contributed by atoms with E-state index in [0.29, 0.717) is 31.0 Å². The standard InChI is InChI=1S/C26H31F3N4O.C5H10.C2H6/c1-17(2)31-13-10-20(11-14-31)33-24(18-7-8-18)22(15-30-33)25(34)32-12-9-19(16-32)21-5-3-4-6-23(21)26(27,28)29;1-5(2)3-4-5;1-2/h3-6,15,18-20H,1,7-14,16H2,2H3;3-4H2,1-2H3;1-2H3/t19-;;/m1../s1. The number of carbonyl (C=O) groups excluding carboxylic acids is 1. The van der Waals surface area contributed by atoms with Crippen LogP contribution in [0.5, 0.6) is 0 Å². The van der Waals surface area contributed by atoms with E-state index in [4.69, 9.17) is 0 Å². The molecule has 2 aromatic rings. The molecule has 2 saturated carbocycles. The number of hydrogen-bond acceptors (Lipinski definition) is 3. The zero-order valence-electron chi connectivity index (χ0n) is 25.4. The Kier molecular flexibility index (Phi) is 9.59. The number of benzene rings is 1. The van der Waals surface area contributed by atoms with Crippen molar-refractivity contribution in [1.29, 1.82) is 0 Å². The van der Waals surface area contributed by atoms with Crippen molar-refractivity contribution in [3.05, 3.63) is 65.1 Å². The minimum absolute atomic E-state index is 0.0977. The van der Waals surface area contributed by atoms with Crippen molar-refractivity contribution in [3.8, 4) is 0 Å². The highest BCUT2D eigenvalue weighted by Crippen LogP contribution is 2.45. The summed E-state index contributed by atoms with van der Waals surface area (Å²) in [4.78, 5) is 17.5. The normalized spacial score (nSPS) is 21.9. The van der Waals surface area contributed by atoms with E-state index in [9.17, 15) is 18.0 Å². The van der Waals surface area contributed by atoms with Crippen LogP contribution in [0.15, 0.2) is 42.7 Å². The number of nitrogens with zero attached hydrogens (tertiary/aromatic N) is 4. The SMILES string of the molecule is C=C(C)N1CCC(n2ncc(C(=O)N3CC[C@@H](c4ccccc4C(F)(F)F)C3)c2C2CC2)CC1.CC.CC1(C)CC1. The molecule has 3 heterocycles. The fraction of sp³-hybridized carbons (Fsp3) is 0.636. The smallest absolute Gasteiger partial charge is 0.375 e. The number of amides is 1. The highest BCUT2D eigenvalue weighted by atomic mass is 19.4. The van der Waals surface area contributed by atoms with Gasteiger partial charge in [0.05, 0.1) is 29.1 Å². The van der Waals surface area contributed by atoms with Crippen molar-refractivity contribution in [2.45, 2.75) is 104 Å². The molecular formula is C33H47F3N4O. The molecule has 4 aliphatic rings. The van der Waals surface area contributed by atoms with Gasteiger partial charge in [0.25, 0.3) is 5.91 Å². The second kappa shape index (κ2) is 12.6. The van der Waals surface area contributed by atoms with Gasteiger partial charge in [0.2, 0.25) is 0 Å². The van der Waals surface area contributed by atoms with E-state index in [0.717, 1.165) is 61.6 Å². The lowest BCUT2D eigenvalue weighted by Crippen LogP contribution is -2.34. The zero-order chi connectivity index (χ0) is 29.9. The monoisotopic (exact) mass is 572 g/mol. The molecular weight excluding hydrogens is 525 g/mol. The fourth-order valence-corrected chi connectivity index (χ4v) is 5.81. The molecule has 1 atom stereocenters. The molecule has 0 radical (unpaired) electrons. The number of halogens is 3. The maximum absolute atomic E-state index is 13.5. The Morgan fingerprint density at radius 3 is 2.07 bits per heavy atom. The molecule has 2 saturated heterocycles. The molecule has 2 aliphatic carbocycles. The summed E-state index contributed by atoms with van der Waals surface area (Å²) in [7, 11) is 0. The Balaban J connectivity index is 0.000000492. The first kappa shape index (κ1) is 31.2. The van der Waals surface area contributed by atoms with Crippen LogP contribution >= 0.6 is 0 Å². The number of aromatic nitrogens is 2. The average Bonchev–Trinajstić information content (AvgIpc) is 3.81. The van der Waals surface area contributed by atoms with E-state index in [1.807, 2.05) is 20.8 Å². The van der Waals surface area contributed by atoms with Gasteiger partial charge in [0, 0.05) is 43.7 Å². The van der Waals surface area contributed by atoms with Crippen LogP contribution in [0.3, 0.4) is 0 Å². The number of likely N-dealkylation sites (tertiary alicyclic amines) is 2. The van der Waals surface area contributed by atoms with E-state index in [-0.39, 0.29) is 23.4 Å². The molecule has 0 N–H and O–H groups in total. The van der Waals surface area contributed by atoms with Crippen molar-refractivity contribution in [2.24, 2.45) is 5.41 Å². The number of carbonyl (C=O) groups is 1. The van der Waals surface area contributed by atoms with E-state index >= 15 is 0 Å². The third kappa shape index (κ3) is 7.55. The van der Waals surface area contributed by atoms with Crippen molar-refractivity contribution in [3.63, 3.8) is 0 Å². The van der Waals surface area contributed by atoms with Crippen molar-refractivity contribution in [2.75, 3.05) is 26.2 Å². The minimum atomic E-state index is -4.39. The Hall–Kier alpha value is -2.77. The molecule has 0 unspecified atom stereocenters. The fourth-order valence-electron chi connectivity index (χ4n) is 5.81. The number of hydrogen-bond donors (Lipinski definition) is 0. The van der Waals surface area contributed by atoms with Gasteiger partial charge in [-0.15, -0.1) is 0 Å². The second-order valence-corrected chi connectivity index (χ2v) is 12.6. The van der Waals surface area contributed by atoms with Crippen LogP contribution in [0.2, 0.25) is 0 Å². The van der Waals surface area contributed by atoms with Crippen LogP contribution in [-0.2, 0) is 6.18 Å². The summed E-state index contributed by atoms with van der Waals surface area (Å²) in [6.45, 7) is 17.3. The summed E-state index contributed by atoms with van der Waals surface area (Å²) in [5.41, 5.74) is 3.18. The summed E-state index contributed by atoms with van der Waals surface area (Å²) in [5.74, 6) is -0.0582. The zero-order valence-corrected chi connectivity index (χ0v) is 25.4. The van der Waals surface area contributed by atoms with Gasteiger partial charge >= 0.3 is 6.18 Å². The summed E-state index contributed by atoms with van der Waals surface area (Å²) >= 11 is 0. The summed E-state index contributed by atoms with van der Waals surface area (Å²) in [6, 6.07) is 6.00. The molecule has 8 heteroatoms. The average molecular weight is 573 g/mol. The number of alkyl halides is 3. The quantitative estimate of drug-likeness (QED) is 0.361. The maximum atomic E-state index is 13.5. The van der Waals surface area contributed by atoms with Crippen molar-refractivity contribution in [1.82, 2.24) is 19.6 Å². The lowest BCUT2D eigenvalue weighted by atomic mass is 9.93. The number of allylic oxidation sites excluding steroid dienone is 1.